The van der Waals surface area contributed by atoms with Gasteiger partial charge in [0.1, 0.15) is 12.1 Å². The number of rotatable bonds is 9. The van der Waals surface area contributed by atoms with Gasteiger partial charge in [0.05, 0.1) is 6.04 Å². The standard InChI is InChI=1S/C23H34F5N3O5/c1-12(2)16(18(32)22(24,25)23(26,27)28)29-20(34)15-6-5-9-31(15)21(35)17(13(3)4)30-19(33)14-7-10-36-11-8-14/h12-17H,5-11H2,1-4H3,(H,29,34)(H,30,33)/t15-,16-,17-/m0/s1. The number of carbonyl (C=O) groups is 4. The molecule has 2 aliphatic rings. The lowest BCUT2D eigenvalue weighted by atomic mass is 9.94. The Kier molecular flexibility index (Phi) is 9.83. The van der Waals surface area contributed by atoms with E-state index in [0.29, 0.717) is 32.5 Å². The lowest BCUT2D eigenvalue weighted by molar-refractivity contribution is -0.270. The number of ether oxygens (including phenoxy) is 1. The average molecular weight is 528 g/mol. The molecule has 3 atom stereocenters. The van der Waals surface area contributed by atoms with Gasteiger partial charge in [-0.05, 0) is 37.5 Å². The highest BCUT2D eigenvalue weighted by atomic mass is 19.4. The van der Waals surface area contributed by atoms with Crippen LogP contribution >= 0.6 is 0 Å². The third-order valence-corrected chi connectivity index (χ3v) is 6.57. The van der Waals surface area contributed by atoms with Crippen molar-refractivity contribution >= 4 is 23.5 Å². The van der Waals surface area contributed by atoms with E-state index >= 15 is 0 Å². The molecule has 0 unspecified atom stereocenters. The summed E-state index contributed by atoms with van der Waals surface area (Å²) < 4.78 is 70.9. The SMILES string of the molecule is CC(C)[C@H](NC(=O)C1CCOCC1)C(=O)N1CCC[C@H]1C(=O)N[C@H](C(=O)C(F)(F)C(F)(F)F)C(C)C. The van der Waals surface area contributed by atoms with Gasteiger partial charge in [-0.3, -0.25) is 19.2 Å². The molecule has 0 aromatic carbocycles. The van der Waals surface area contributed by atoms with E-state index in [9.17, 15) is 41.1 Å². The summed E-state index contributed by atoms with van der Waals surface area (Å²) in [4.78, 5) is 52.2. The second-order valence-electron chi connectivity index (χ2n) is 9.97. The van der Waals surface area contributed by atoms with Crippen molar-refractivity contribution in [1.82, 2.24) is 15.5 Å². The number of nitrogens with one attached hydrogen (secondary N) is 2. The van der Waals surface area contributed by atoms with E-state index in [-0.39, 0.29) is 30.7 Å². The molecule has 0 saturated carbocycles. The molecule has 0 aromatic rings. The van der Waals surface area contributed by atoms with E-state index in [2.05, 4.69) is 5.32 Å². The van der Waals surface area contributed by atoms with Gasteiger partial charge in [0.2, 0.25) is 23.5 Å². The van der Waals surface area contributed by atoms with Crippen LogP contribution in [0.15, 0.2) is 0 Å². The highest BCUT2D eigenvalue weighted by Gasteiger charge is 2.64. The molecule has 13 heteroatoms. The summed E-state index contributed by atoms with van der Waals surface area (Å²) in [5.41, 5.74) is 0. The Balaban J connectivity index is 2.16. The van der Waals surface area contributed by atoms with Gasteiger partial charge in [0.15, 0.2) is 0 Å². The average Bonchev–Trinajstić information content (AvgIpc) is 3.29. The molecule has 2 rings (SSSR count). The summed E-state index contributed by atoms with van der Waals surface area (Å²) in [7, 11) is 0. The Morgan fingerprint density at radius 1 is 0.833 bits per heavy atom. The van der Waals surface area contributed by atoms with Crippen LogP contribution in [0.3, 0.4) is 0 Å². The summed E-state index contributed by atoms with van der Waals surface area (Å²) in [6, 6.07) is -4.25. The van der Waals surface area contributed by atoms with Gasteiger partial charge in [0, 0.05) is 25.7 Å². The summed E-state index contributed by atoms with van der Waals surface area (Å²) in [5.74, 6) is -11.7. The lowest BCUT2D eigenvalue weighted by Crippen LogP contribution is -2.60. The van der Waals surface area contributed by atoms with Crippen molar-refractivity contribution in [3.05, 3.63) is 0 Å². The largest absolute Gasteiger partial charge is 0.461 e. The van der Waals surface area contributed by atoms with Crippen LogP contribution in [-0.4, -0.2) is 78.4 Å². The van der Waals surface area contributed by atoms with Gasteiger partial charge < -0.3 is 20.3 Å². The van der Waals surface area contributed by atoms with Crippen molar-refractivity contribution in [2.24, 2.45) is 17.8 Å². The van der Waals surface area contributed by atoms with Gasteiger partial charge >= 0.3 is 12.1 Å². The van der Waals surface area contributed by atoms with E-state index in [1.54, 1.807) is 13.8 Å². The normalized spacial score (nSPS) is 21.4. The fraction of sp³-hybridized carbons (Fsp3) is 0.826. The van der Waals surface area contributed by atoms with Crippen molar-refractivity contribution in [3.63, 3.8) is 0 Å². The van der Waals surface area contributed by atoms with Crippen molar-refractivity contribution in [3.8, 4) is 0 Å². The zero-order valence-corrected chi connectivity index (χ0v) is 20.8. The predicted octanol–water partition coefficient (Wildman–Crippen LogP) is 2.45. The van der Waals surface area contributed by atoms with Gasteiger partial charge in [-0.2, -0.15) is 22.0 Å². The Morgan fingerprint density at radius 3 is 1.86 bits per heavy atom. The maximum Gasteiger partial charge on any atom is 0.461 e. The van der Waals surface area contributed by atoms with Crippen LogP contribution in [0.1, 0.15) is 53.4 Å². The third kappa shape index (κ3) is 6.71. The van der Waals surface area contributed by atoms with E-state index in [1.807, 2.05) is 5.32 Å². The molecule has 2 fully saturated rings. The number of nitrogens with zero attached hydrogens (tertiary/aromatic N) is 1. The van der Waals surface area contributed by atoms with Crippen LogP contribution in [0.25, 0.3) is 0 Å². The first-order valence-electron chi connectivity index (χ1n) is 12.1. The number of hydrogen-bond acceptors (Lipinski definition) is 5. The van der Waals surface area contributed by atoms with E-state index in [4.69, 9.17) is 4.74 Å². The fourth-order valence-corrected chi connectivity index (χ4v) is 4.35. The first-order chi connectivity index (χ1) is 16.6. The van der Waals surface area contributed by atoms with Crippen LogP contribution in [0.5, 0.6) is 0 Å². The molecule has 2 saturated heterocycles. The second kappa shape index (κ2) is 11.8. The van der Waals surface area contributed by atoms with Crippen LogP contribution in [0, 0.1) is 17.8 Å². The Bertz CT molecular complexity index is 827. The maximum atomic E-state index is 13.7. The molecular weight excluding hydrogens is 493 g/mol. The van der Waals surface area contributed by atoms with Crippen molar-refractivity contribution in [2.75, 3.05) is 19.8 Å². The second-order valence-corrected chi connectivity index (χ2v) is 9.97. The Labute approximate surface area is 206 Å². The lowest BCUT2D eigenvalue weighted by Gasteiger charge is -2.33. The number of halogens is 5. The van der Waals surface area contributed by atoms with Gasteiger partial charge in [-0.15, -0.1) is 0 Å². The van der Waals surface area contributed by atoms with Gasteiger partial charge in [-0.25, -0.2) is 0 Å². The fourth-order valence-electron chi connectivity index (χ4n) is 4.35. The highest BCUT2D eigenvalue weighted by Crippen LogP contribution is 2.37. The van der Waals surface area contributed by atoms with Crippen molar-refractivity contribution in [1.29, 1.82) is 0 Å². The number of hydrogen-bond donors (Lipinski definition) is 2. The van der Waals surface area contributed by atoms with Crippen LogP contribution < -0.4 is 10.6 Å². The minimum absolute atomic E-state index is 0.130. The molecule has 0 aliphatic carbocycles. The number of carbonyl (C=O) groups excluding carboxylic acids is 4. The van der Waals surface area contributed by atoms with Crippen LogP contribution in [0.2, 0.25) is 0 Å². The molecule has 0 bridgehead atoms. The van der Waals surface area contributed by atoms with Crippen LogP contribution in [0.4, 0.5) is 22.0 Å². The number of alkyl halides is 5. The van der Waals surface area contributed by atoms with Crippen LogP contribution in [-0.2, 0) is 23.9 Å². The molecule has 3 amide bonds. The van der Waals surface area contributed by atoms with Gasteiger partial charge in [-0.1, -0.05) is 27.7 Å². The minimum atomic E-state index is -6.11. The molecule has 2 aliphatic heterocycles. The maximum absolute atomic E-state index is 13.7. The number of Topliss-reactive ketones (excluding diaryl/α,β-unsaturated/α-hetero) is 1. The number of ketones is 1. The number of amides is 3. The zero-order chi connectivity index (χ0) is 27.4. The molecule has 0 spiro atoms. The zero-order valence-electron chi connectivity index (χ0n) is 20.8. The summed E-state index contributed by atoms with van der Waals surface area (Å²) in [6.45, 7) is 6.87. The van der Waals surface area contributed by atoms with Crippen molar-refractivity contribution in [2.45, 2.75) is 83.6 Å². The molecule has 36 heavy (non-hydrogen) atoms. The molecule has 2 N–H and O–H groups in total. The van der Waals surface area contributed by atoms with E-state index < -0.39 is 53.7 Å². The summed E-state index contributed by atoms with van der Waals surface area (Å²) in [5, 5.41) is 4.76. The molecular formula is C23H34F5N3O5. The van der Waals surface area contributed by atoms with Crippen molar-refractivity contribution < 1.29 is 45.9 Å². The first-order valence-corrected chi connectivity index (χ1v) is 12.1. The highest BCUT2D eigenvalue weighted by molar-refractivity contribution is 5.97. The van der Waals surface area contributed by atoms with E-state index in [1.165, 1.54) is 18.7 Å². The monoisotopic (exact) mass is 527 g/mol. The summed E-state index contributed by atoms with van der Waals surface area (Å²) >= 11 is 0. The van der Waals surface area contributed by atoms with Gasteiger partial charge in [0.25, 0.3) is 0 Å². The minimum Gasteiger partial charge on any atom is -0.381 e. The molecule has 8 nitrogen and oxygen atoms in total. The molecule has 0 aromatic heterocycles. The first kappa shape index (κ1) is 29.9. The smallest absolute Gasteiger partial charge is 0.381 e. The molecule has 2 heterocycles. The summed E-state index contributed by atoms with van der Waals surface area (Å²) in [6.07, 6.45) is -4.59. The molecule has 206 valence electrons. The number of likely N-dealkylation sites (tertiary alicyclic amines) is 1. The topological polar surface area (TPSA) is 105 Å². The Hall–Kier alpha value is -2.31. The third-order valence-electron chi connectivity index (χ3n) is 6.57. The van der Waals surface area contributed by atoms with E-state index in [0.717, 1.165) is 0 Å². The molecule has 0 radical (unpaired) electrons. The Morgan fingerprint density at radius 2 is 1.36 bits per heavy atom. The quantitative estimate of drug-likeness (QED) is 0.449. The predicted molar refractivity (Wildman–Crippen MR) is 118 cm³/mol.